The van der Waals surface area contributed by atoms with E-state index in [-0.39, 0.29) is 22.7 Å². The molecule has 2 fully saturated rings. The van der Waals surface area contributed by atoms with Gasteiger partial charge in [0.2, 0.25) is 5.91 Å². The minimum atomic E-state index is -2.87. The van der Waals surface area contributed by atoms with E-state index in [1.807, 2.05) is 0 Å². The monoisotopic (exact) mass is 378 g/mol. The van der Waals surface area contributed by atoms with Gasteiger partial charge >= 0.3 is 0 Å². The zero-order chi connectivity index (χ0) is 17.6. The van der Waals surface area contributed by atoms with Crippen LogP contribution in [0.5, 0.6) is 0 Å². The largest absolute Gasteiger partial charge is 0.379 e. The van der Waals surface area contributed by atoms with Crippen LogP contribution in [0.4, 0.5) is 0 Å². The summed E-state index contributed by atoms with van der Waals surface area (Å²) >= 11 is 1.47. The molecule has 2 rings (SSSR count). The Labute approximate surface area is 150 Å². The molecule has 2 aliphatic heterocycles. The van der Waals surface area contributed by atoms with Gasteiger partial charge in [0.15, 0.2) is 9.84 Å². The number of amides is 1. The van der Waals surface area contributed by atoms with Gasteiger partial charge in [0.25, 0.3) is 0 Å². The van der Waals surface area contributed by atoms with E-state index in [4.69, 9.17) is 4.74 Å². The van der Waals surface area contributed by atoms with E-state index in [0.717, 1.165) is 32.7 Å². The third-order valence-corrected chi connectivity index (χ3v) is 7.76. The molecular formula is C16H30N2O4S2. The Hall–Kier alpha value is -0.310. The van der Waals surface area contributed by atoms with E-state index in [2.05, 4.69) is 24.1 Å². The highest BCUT2D eigenvalue weighted by atomic mass is 32.2. The van der Waals surface area contributed by atoms with E-state index in [9.17, 15) is 13.2 Å². The summed E-state index contributed by atoms with van der Waals surface area (Å²) in [6.45, 7) is 8.41. The number of morpholine rings is 1. The molecule has 140 valence electrons. The second-order valence-electron chi connectivity index (χ2n) is 7.07. The maximum atomic E-state index is 12.1. The highest BCUT2D eigenvalue weighted by molar-refractivity contribution is 8.02. The summed E-state index contributed by atoms with van der Waals surface area (Å²) in [6, 6.07) is 0.342. The van der Waals surface area contributed by atoms with Gasteiger partial charge in [0.05, 0.1) is 30.5 Å². The zero-order valence-electron chi connectivity index (χ0n) is 14.7. The zero-order valence-corrected chi connectivity index (χ0v) is 16.3. The van der Waals surface area contributed by atoms with Crippen LogP contribution in [-0.2, 0) is 19.4 Å². The lowest BCUT2D eigenvalue weighted by molar-refractivity contribution is -0.118. The van der Waals surface area contributed by atoms with Gasteiger partial charge in [-0.1, -0.05) is 13.8 Å². The van der Waals surface area contributed by atoms with Gasteiger partial charge in [-0.3, -0.25) is 9.69 Å². The molecule has 0 aromatic rings. The summed E-state index contributed by atoms with van der Waals surface area (Å²) in [5.41, 5.74) is 0. The molecule has 24 heavy (non-hydrogen) atoms. The molecular weight excluding hydrogens is 348 g/mol. The van der Waals surface area contributed by atoms with Gasteiger partial charge in [-0.05, 0) is 18.8 Å². The molecule has 0 aromatic carbocycles. The first-order valence-corrected chi connectivity index (χ1v) is 11.6. The van der Waals surface area contributed by atoms with Crippen molar-refractivity contribution in [3.8, 4) is 0 Å². The van der Waals surface area contributed by atoms with Crippen LogP contribution in [0.1, 0.15) is 26.7 Å². The van der Waals surface area contributed by atoms with Crippen molar-refractivity contribution in [1.29, 1.82) is 0 Å². The number of ether oxygens (including phenoxy) is 1. The fraction of sp³-hybridized carbons (Fsp3) is 0.938. The van der Waals surface area contributed by atoms with Gasteiger partial charge in [0, 0.05) is 30.9 Å². The van der Waals surface area contributed by atoms with Crippen LogP contribution in [0.25, 0.3) is 0 Å². The average Bonchev–Trinajstić information content (AvgIpc) is 2.89. The van der Waals surface area contributed by atoms with Crippen LogP contribution in [0, 0.1) is 5.92 Å². The predicted molar refractivity (Wildman–Crippen MR) is 98.2 cm³/mol. The molecule has 0 bridgehead atoms. The number of hydrogen-bond acceptors (Lipinski definition) is 6. The lowest BCUT2D eigenvalue weighted by atomic mass is 10.0. The van der Waals surface area contributed by atoms with Crippen molar-refractivity contribution in [3.05, 3.63) is 0 Å². The van der Waals surface area contributed by atoms with Gasteiger partial charge in [-0.15, -0.1) is 11.8 Å². The summed E-state index contributed by atoms with van der Waals surface area (Å²) in [7, 11) is -2.87. The first kappa shape index (κ1) is 20.0. The van der Waals surface area contributed by atoms with E-state index < -0.39 is 9.84 Å². The molecule has 0 spiro atoms. The third kappa shape index (κ3) is 6.90. The smallest absolute Gasteiger partial charge is 0.230 e. The Morgan fingerprint density at radius 1 is 1.33 bits per heavy atom. The molecule has 2 atom stereocenters. The lowest BCUT2D eigenvalue weighted by Gasteiger charge is -2.35. The van der Waals surface area contributed by atoms with Crippen LogP contribution in [0.15, 0.2) is 0 Å². The van der Waals surface area contributed by atoms with Gasteiger partial charge in [-0.25, -0.2) is 8.42 Å². The van der Waals surface area contributed by atoms with Crippen molar-refractivity contribution in [2.24, 2.45) is 5.92 Å². The molecule has 6 nitrogen and oxygen atoms in total. The Balaban J connectivity index is 1.72. The van der Waals surface area contributed by atoms with Crippen molar-refractivity contribution >= 4 is 27.5 Å². The van der Waals surface area contributed by atoms with Crippen LogP contribution in [0.2, 0.25) is 0 Å². The van der Waals surface area contributed by atoms with Gasteiger partial charge in [-0.2, -0.15) is 0 Å². The highest BCUT2D eigenvalue weighted by Crippen LogP contribution is 2.24. The minimum Gasteiger partial charge on any atom is -0.379 e. The fourth-order valence-electron chi connectivity index (χ4n) is 3.22. The number of nitrogens with zero attached hydrogens (tertiary/aromatic N) is 1. The molecule has 0 radical (unpaired) electrons. The van der Waals surface area contributed by atoms with E-state index in [1.54, 1.807) is 0 Å². The number of carbonyl (C=O) groups excluding carboxylic acids is 1. The number of carbonyl (C=O) groups is 1. The normalized spacial score (nSPS) is 25.7. The van der Waals surface area contributed by atoms with E-state index >= 15 is 0 Å². The van der Waals surface area contributed by atoms with E-state index in [1.165, 1.54) is 11.8 Å². The molecule has 0 aromatic heterocycles. The molecule has 2 saturated heterocycles. The SMILES string of the molecule is CC(C)CC(CNC(=O)CSC1CCS(=O)(=O)C1)N1CCOCC1. The Morgan fingerprint density at radius 3 is 2.62 bits per heavy atom. The van der Waals surface area contributed by atoms with E-state index in [0.29, 0.717) is 30.7 Å². The Kier molecular flexibility index (Phi) is 7.84. The van der Waals surface area contributed by atoms with Crippen molar-refractivity contribution in [2.75, 3.05) is 50.1 Å². The van der Waals surface area contributed by atoms with Gasteiger partial charge < -0.3 is 10.1 Å². The molecule has 2 aliphatic rings. The number of thioether (sulfide) groups is 1. The predicted octanol–water partition coefficient (Wildman–Crippen LogP) is 0.770. The Bertz CT molecular complexity index is 504. The summed E-state index contributed by atoms with van der Waals surface area (Å²) < 4.78 is 28.3. The standard InChI is InChI=1S/C16H30N2O4S2/c1-13(2)9-14(18-4-6-22-7-5-18)10-17-16(19)11-23-15-3-8-24(20,21)12-15/h13-15H,3-12H2,1-2H3,(H,17,19). The van der Waals surface area contributed by atoms with Crippen molar-refractivity contribution < 1.29 is 17.9 Å². The second kappa shape index (κ2) is 9.40. The maximum Gasteiger partial charge on any atom is 0.230 e. The number of rotatable bonds is 8. The summed E-state index contributed by atoms with van der Waals surface area (Å²) in [4.78, 5) is 14.5. The molecule has 2 heterocycles. The summed E-state index contributed by atoms with van der Waals surface area (Å²) in [5.74, 6) is 1.41. The number of hydrogen-bond donors (Lipinski definition) is 1. The quantitative estimate of drug-likeness (QED) is 0.672. The highest BCUT2D eigenvalue weighted by Gasteiger charge is 2.28. The topological polar surface area (TPSA) is 75.7 Å². The minimum absolute atomic E-state index is 0.00585. The number of nitrogens with one attached hydrogen (secondary N) is 1. The van der Waals surface area contributed by atoms with Gasteiger partial charge in [0.1, 0.15) is 0 Å². The average molecular weight is 379 g/mol. The number of sulfone groups is 1. The third-order valence-electron chi connectivity index (χ3n) is 4.48. The summed E-state index contributed by atoms with van der Waals surface area (Å²) in [6.07, 6.45) is 1.72. The molecule has 1 amide bonds. The second-order valence-corrected chi connectivity index (χ2v) is 10.6. The van der Waals surface area contributed by atoms with Crippen LogP contribution in [-0.4, -0.2) is 80.6 Å². The molecule has 8 heteroatoms. The molecule has 2 unspecified atom stereocenters. The Morgan fingerprint density at radius 2 is 2.04 bits per heavy atom. The molecule has 0 aliphatic carbocycles. The van der Waals surface area contributed by atoms with Crippen molar-refractivity contribution in [1.82, 2.24) is 10.2 Å². The van der Waals surface area contributed by atoms with Crippen molar-refractivity contribution in [3.63, 3.8) is 0 Å². The fourth-order valence-corrected chi connectivity index (χ4v) is 6.69. The maximum absolute atomic E-state index is 12.1. The van der Waals surface area contributed by atoms with Crippen LogP contribution in [0.3, 0.4) is 0 Å². The first-order chi connectivity index (χ1) is 11.4. The van der Waals surface area contributed by atoms with Crippen LogP contribution >= 0.6 is 11.8 Å². The van der Waals surface area contributed by atoms with Crippen molar-refractivity contribution in [2.45, 2.75) is 38.0 Å². The lowest BCUT2D eigenvalue weighted by Crippen LogP contribution is -2.49. The van der Waals surface area contributed by atoms with Crippen LogP contribution < -0.4 is 5.32 Å². The molecule has 1 N–H and O–H groups in total. The molecule has 0 saturated carbocycles. The summed E-state index contributed by atoms with van der Waals surface area (Å²) in [5, 5.41) is 3.11. The first-order valence-electron chi connectivity index (χ1n) is 8.76.